The molecule has 0 radical (unpaired) electrons. The minimum Gasteiger partial charge on any atom is -0.455 e. The Balaban J connectivity index is 1.56. The first-order chi connectivity index (χ1) is 19.4. The normalized spacial score (nSPS) is 12.3. The number of hydrogen-bond donors (Lipinski definition) is 4. The van der Waals surface area contributed by atoms with Crippen LogP contribution in [0.5, 0.6) is 11.5 Å². The van der Waals surface area contributed by atoms with Crippen molar-refractivity contribution < 1.29 is 9.53 Å². The Kier molecular flexibility index (Phi) is 8.77. The number of nitrogens with one attached hydrogen (secondary N) is 3. The summed E-state index contributed by atoms with van der Waals surface area (Å²) < 4.78 is 6.05. The summed E-state index contributed by atoms with van der Waals surface area (Å²) in [4.78, 5) is 41.1. The van der Waals surface area contributed by atoms with Gasteiger partial charge in [0.1, 0.15) is 17.1 Å². The van der Waals surface area contributed by atoms with Crippen LogP contribution in [-0.2, 0) is 0 Å². The van der Waals surface area contributed by atoms with Crippen LogP contribution in [0.3, 0.4) is 0 Å². The molecule has 41 heavy (non-hydrogen) atoms. The van der Waals surface area contributed by atoms with Gasteiger partial charge in [-0.05, 0) is 61.6 Å². The number of carbonyl (C=O) groups excluding carboxylic acids is 1. The maximum atomic E-state index is 13.1. The number of aliphatic imine (C=N–C) groups is 1. The molecule has 0 atom stereocenters. The number of pyridine rings is 1. The van der Waals surface area contributed by atoms with Crippen LogP contribution in [0.25, 0.3) is 11.2 Å². The number of carbonyl (C=O) groups is 1. The number of nitrogens with two attached hydrogens (primary N) is 1. The van der Waals surface area contributed by atoms with Gasteiger partial charge in [0.15, 0.2) is 11.4 Å². The maximum Gasteiger partial charge on any atom is 0.324 e. The van der Waals surface area contributed by atoms with Gasteiger partial charge < -0.3 is 20.8 Å². The number of hydrogen-bond acceptors (Lipinski definition) is 8. The molecule has 4 aromatic rings. The Morgan fingerprint density at radius 3 is 2.59 bits per heavy atom. The standard InChI is InChI=1S/C30H33N7O3S/c1-17-7-8-19(13-18(17)2)34-25(15-24(31)30(3,4)5)36-29(39)35-21-10-9-20(14-23(21)41-6)40-22-11-12-32-28-27(22)33-16-26(38)37-28/h7-16H,31H2,1-6H3,(H,32,37,38)(H2,34,35,36,39)/b24-15-. The predicted molar refractivity (Wildman–Crippen MR) is 165 cm³/mol. The number of rotatable bonds is 6. The van der Waals surface area contributed by atoms with Crippen LogP contribution in [0.4, 0.5) is 16.2 Å². The smallest absolute Gasteiger partial charge is 0.324 e. The van der Waals surface area contributed by atoms with Crippen LogP contribution in [0.1, 0.15) is 31.9 Å². The Hall–Kier alpha value is -4.64. The molecule has 2 amide bonds. The van der Waals surface area contributed by atoms with Gasteiger partial charge in [0.05, 0.1) is 17.6 Å². The van der Waals surface area contributed by atoms with E-state index in [-0.39, 0.29) is 11.0 Å². The lowest BCUT2D eigenvalue weighted by Gasteiger charge is -2.19. The van der Waals surface area contributed by atoms with Crippen molar-refractivity contribution in [1.29, 1.82) is 0 Å². The number of allylic oxidation sites excluding steroid dienone is 1. The Labute approximate surface area is 242 Å². The highest BCUT2D eigenvalue weighted by Crippen LogP contribution is 2.33. The summed E-state index contributed by atoms with van der Waals surface area (Å²) >= 11 is 1.45. The first-order valence-corrected chi connectivity index (χ1v) is 14.1. The van der Waals surface area contributed by atoms with Crippen molar-refractivity contribution in [3.05, 3.63) is 88.1 Å². The summed E-state index contributed by atoms with van der Waals surface area (Å²) in [5.41, 5.74) is 10.5. The highest BCUT2D eigenvalue weighted by molar-refractivity contribution is 7.98. The van der Waals surface area contributed by atoms with E-state index in [9.17, 15) is 9.59 Å². The number of H-pyrrole nitrogens is 1. The van der Waals surface area contributed by atoms with Crippen molar-refractivity contribution in [2.24, 2.45) is 16.1 Å². The fourth-order valence-corrected chi connectivity index (χ4v) is 4.21. The van der Waals surface area contributed by atoms with E-state index in [1.807, 2.05) is 59.1 Å². The van der Waals surface area contributed by atoms with Gasteiger partial charge in [0, 0.05) is 34.3 Å². The SMILES string of the molecule is CSc1cc(Oc2ccnc3[nH]c(=O)cnc23)ccc1NC(=O)NC(/C=C(\N)C(C)(C)C)=Nc1ccc(C)c(C)c1. The molecule has 2 aromatic carbocycles. The Morgan fingerprint density at radius 2 is 1.88 bits per heavy atom. The molecule has 0 unspecified atom stereocenters. The first-order valence-electron chi connectivity index (χ1n) is 12.8. The fourth-order valence-electron chi connectivity index (χ4n) is 3.64. The fraction of sp³-hybridized carbons (Fsp3) is 0.233. The van der Waals surface area contributed by atoms with E-state index in [1.165, 1.54) is 24.2 Å². The zero-order valence-electron chi connectivity index (χ0n) is 23.8. The summed E-state index contributed by atoms with van der Waals surface area (Å²) in [7, 11) is 0. The Morgan fingerprint density at radius 1 is 1.10 bits per heavy atom. The average Bonchev–Trinajstić information content (AvgIpc) is 2.91. The third kappa shape index (κ3) is 7.52. The minimum atomic E-state index is -0.470. The number of anilines is 1. The third-order valence-corrected chi connectivity index (χ3v) is 7.01. The molecule has 0 aliphatic rings. The zero-order valence-corrected chi connectivity index (χ0v) is 24.6. The van der Waals surface area contributed by atoms with Crippen LogP contribution in [0.2, 0.25) is 0 Å². The lowest BCUT2D eigenvalue weighted by molar-refractivity contribution is 0.256. The summed E-state index contributed by atoms with van der Waals surface area (Å²) in [6.07, 6.45) is 6.29. The van der Waals surface area contributed by atoms with Crippen molar-refractivity contribution in [1.82, 2.24) is 20.3 Å². The van der Waals surface area contributed by atoms with E-state index in [4.69, 9.17) is 10.5 Å². The molecule has 0 saturated heterocycles. The van der Waals surface area contributed by atoms with Crippen LogP contribution < -0.4 is 26.7 Å². The minimum absolute atomic E-state index is 0.311. The highest BCUT2D eigenvalue weighted by Gasteiger charge is 2.16. The zero-order chi connectivity index (χ0) is 29.7. The maximum absolute atomic E-state index is 13.1. The number of ether oxygens (including phenoxy) is 1. The topological polar surface area (TPSA) is 147 Å². The van der Waals surface area contributed by atoms with Crippen LogP contribution in [-0.4, -0.2) is 33.1 Å². The molecule has 4 rings (SSSR count). The van der Waals surface area contributed by atoms with E-state index in [0.717, 1.165) is 16.0 Å². The summed E-state index contributed by atoms with van der Waals surface area (Å²) in [5.74, 6) is 1.28. The number of amides is 2. The number of aromatic nitrogens is 3. The van der Waals surface area contributed by atoms with Crippen molar-refractivity contribution in [3.63, 3.8) is 0 Å². The monoisotopic (exact) mass is 571 g/mol. The van der Waals surface area contributed by atoms with Gasteiger partial charge in [-0.1, -0.05) is 26.8 Å². The molecule has 0 aliphatic heterocycles. The van der Waals surface area contributed by atoms with Gasteiger partial charge in [-0.3, -0.25) is 10.1 Å². The number of amidine groups is 1. The van der Waals surface area contributed by atoms with E-state index in [1.54, 1.807) is 30.3 Å². The molecule has 2 aromatic heterocycles. The summed E-state index contributed by atoms with van der Waals surface area (Å²) in [6, 6.07) is 12.3. The molecular weight excluding hydrogens is 538 g/mol. The number of benzene rings is 2. The number of aryl methyl sites for hydroxylation is 2. The number of fused-ring (bicyclic) bond motifs is 1. The molecule has 0 aliphatic carbocycles. The number of aromatic amines is 1. The second kappa shape index (κ2) is 12.3. The van der Waals surface area contributed by atoms with E-state index >= 15 is 0 Å². The average molecular weight is 572 g/mol. The van der Waals surface area contributed by atoms with Crippen molar-refractivity contribution in [2.75, 3.05) is 11.6 Å². The lowest BCUT2D eigenvalue weighted by Crippen LogP contribution is -2.34. The largest absolute Gasteiger partial charge is 0.455 e. The predicted octanol–water partition coefficient (Wildman–Crippen LogP) is 6.19. The molecular formula is C30H33N7O3S. The van der Waals surface area contributed by atoms with Gasteiger partial charge in [0.25, 0.3) is 5.56 Å². The van der Waals surface area contributed by atoms with Crippen molar-refractivity contribution >= 4 is 46.2 Å². The molecule has 10 nitrogen and oxygen atoms in total. The third-order valence-electron chi connectivity index (χ3n) is 6.23. The molecule has 5 N–H and O–H groups in total. The first kappa shape index (κ1) is 29.3. The lowest BCUT2D eigenvalue weighted by atomic mass is 9.92. The second-order valence-corrected chi connectivity index (χ2v) is 11.3. The van der Waals surface area contributed by atoms with Crippen molar-refractivity contribution in [3.8, 4) is 11.5 Å². The Bertz CT molecular complexity index is 1720. The molecule has 0 saturated carbocycles. The quantitative estimate of drug-likeness (QED) is 0.123. The van der Waals surface area contributed by atoms with Gasteiger partial charge in [0.2, 0.25) is 0 Å². The van der Waals surface area contributed by atoms with Gasteiger partial charge in [-0.25, -0.2) is 19.8 Å². The van der Waals surface area contributed by atoms with Crippen molar-refractivity contribution in [2.45, 2.75) is 39.5 Å². The van der Waals surface area contributed by atoms with Crippen LogP contribution in [0.15, 0.2) is 81.3 Å². The molecule has 11 heteroatoms. The van der Waals surface area contributed by atoms with Crippen LogP contribution in [0, 0.1) is 19.3 Å². The summed E-state index contributed by atoms with van der Waals surface area (Å²) in [5, 5.41) is 5.74. The van der Waals surface area contributed by atoms with E-state index in [2.05, 4.69) is 30.6 Å². The van der Waals surface area contributed by atoms with Gasteiger partial charge in [-0.15, -0.1) is 11.8 Å². The molecule has 0 bridgehead atoms. The number of urea groups is 1. The molecule has 0 spiro atoms. The van der Waals surface area contributed by atoms with Gasteiger partial charge in [-0.2, -0.15) is 0 Å². The molecule has 212 valence electrons. The molecule has 2 heterocycles. The highest BCUT2D eigenvalue weighted by atomic mass is 32.2. The van der Waals surface area contributed by atoms with E-state index < -0.39 is 6.03 Å². The summed E-state index contributed by atoms with van der Waals surface area (Å²) in [6.45, 7) is 10.0. The number of thioether (sulfide) groups is 1. The number of nitrogens with zero attached hydrogens (tertiary/aromatic N) is 3. The van der Waals surface area contributed by atoms with E-state index in [0.29, 0.717) is 45.6 Å². The second-order valence-electron chi connectivity index (χ2n) is 10.4. The van der Waals surface area contributed by atoms with Crippen LogP contribution >= 0.6 is 11.8 Å². The molecule has 0 fully saturated rings. The van der Waals surface area contributed by atoms with Gasteiger partial charge >= 0.3 is 6.03 Å².